The van der Waals surface area contributed by atoms with Crippen LogP contribution in [0.25, 0.3) is 10.9 Å². The summed E-state index contributed by atoms with van der Waals surface area (Å²) in [6.45, 7) is 14.1. The summed E-state index contributed by atoms with van der Waals surface area (Å²) in [6.07, 6.45) is 0. The van der Waals surface area contributed by atoms with E-state index in [4.69, 9.17) is 0 Å². The van der Waals surface area contributed by atoms with Crippen LogP contribution in [-0.4, -0.2) is 83.8 Å². The lowest BCUT2D eigenvalue weighted by Crippen LogP contribution is -2.48. The first kappa shape index (κ1) is 19.8. The summed E-state index contributed by atoms with van der Waals surface area (Å²) in [5.41, 5.74) is 3.29. The number of nitrogens with zero attached hydrogens (tertiary/aromatic N) is 3. The molecule has 0 amide bonds. The Morgan fingerprint density at radius 1 is 1.07 bits per heavy atom. The molecule has 0 radical (unpaired) electrons. The first-order chi connectivity index (χ1) is 13.6. The molecule has 2 aromatic rings. The molecular weight excluding hydrogens is 355 g/mol. The third-order valence-electron chi connectivity index (χ3n) is 6.80. The first-order valence-electron chi connectivity index (χ1n) is 10.6. The second kappa shape index (κ2) is 8.49. The number of aliphatic hydroxyl groups excluding tert-OH is 1. The quantitative estimate of drug-likeness (QED) is 0.797. The van der Waals surface area contributed by atoms with Crippen molar-refractivity contribution in [2.24, 2.45) is 11.8 Å². The zero-order valence-electron chi connectivity index (χ0n) is 17.1. The molecule has 1 aromatic carbocycles. The largest absolute Gasteiger partial charge is 0.396 e. The number of H-pyrrole nitrogens is 1. The molecule has 4 rings (SSSR count). The molecule has 2 saturated heterocycles. The van der Waals surface area contributed by atoms with Crippen LogP contribution in [0.2, 0.25) is 0 Å². The summed E-state index contributed by atoms with van der Waals surface area (Å²) in [6, 6.07) is 4.94. The summed E-state index contributed by atoms with van der Waals surface area (Å²) < 4.78 is 13.6. The number of aromatic amines is 1. The maximum Gasteiger partial charge on any atom is 0.123 e. The number of rotatable bonds is 6. The highest BCUT2D eigenvalue weighted by molar-refractivity contribution is 5.84. The number of likely N-dealkylation sites (N-methyl/N-ethyl adjacent to an activating group) is 1. The third kappa shape index (κ3) is 4.10. The Bertz CT molecular complexity index is 799. The van der Waals surface area contributed by atoms with E-state index in [-0.39, 0.29) is 12.4 Å². The normalized spacial score (nSPS) is 25.1. The van der Waals surface area contributed by atoms with Crippen molar-refractivity contribution in [1.82, 2.24) is 19.7 Å². The topological polar surface area (TPSA) is 45.7 Å². The molecule has 0 saturated carbocycles. The predicted octanol–water partition coefficient (Wildman–Crippen LogP) is 2.29. The fraction of sp³-hybridized carbons (Fsp3) is 0.636. The van der Waals surface area contributed by atoms with Gasteiger partial charge < -0.3 is 19.9 Å². The Kier molecular flexibility index (Phi) is 6.01. The molecule has 0 unspecified atom stereocenters. The second-order valence-corrected chi connectivity index (χ2v) is 8.55. The number of hydrogen-bond acceptors (Lipinski definition) is 4. The molecule has 5 nitrogen and oxygen atoms in total. The van der Waals surface area contributed by atoms with Crippen molar-refractivity contribution in [2.45, 2.75) is 20.4 Å². The summed E-state index contributed by atoms with van der Waals surface area (Å²) >= 11 is 0. The Morgan fingerprint density at radius 3 is 2.50 bits per heavy atom. The Hall–Kier alpha value is -1.47. The average Bonchev–Trinajstić information content (AvgIpc) is 3.23. The van der Waals surface area contributed by atoms with E-state index in [0.29, 0.717) is 11.8 Å². The Balaban J connectivity index is 1.39. The second-order valence-electron chi connectivity index (χ2n) is 8.55. The molecule has 28 heavy (non-hydrogen) atoms. The van der Waals surface area contributed by atoms with Crippen LogP contribution in [0, 0.1) is 24.6 Å². The summed E-state index contributed by atoms with van der Waals surface area (Å²) in [5.74, 6) is 0.664. The number of hydrogen-bond donors (Lipinski definition) is 2. The molecule has 2 aliphatic heterocycles. The van der Waals surface area contributed by atoms with Crippen LogP contribution in [0.5, 0.6) is 0 Å². The molecule has 0 spiro atoms. The van der Waals surface area contributed by atoms with Crippen LogP contribution in [0.1, 0.15) is 18.2 Å². The lowest BCUT2D eigenvalue weighted by Gasteiger charge is -2.36. The van der Waals surface area contributed by atoms with Crippen molar-refractivity contribution in [3.8, 4) is 0 Å². The highest BCUT2D eigenvalue weighted by Gasteiger charge is 2.34. The number of benzene rings is 1. The van der Waals surface area contributed by atoms with Gasteiger partial charge in [0.2, 0.25) is 0 Å². The molecule has 0 aliphatic carbocycles. The van der Waals surface area contributed by atoms with Crippen molar-refractivity contribution >= 4 is 10.9 Å². The van der Waals surface area contributed by atoms with Crippen molar-refractivity contribution in [1.29, 1.82) is 0 Å². The van der Waals surface area contributed by atoms with Crippen LogP contribution < -0.4 is 0 Å². The minimum Gasteiger partial charge on any atom is -0.396 e. The number of aryl methyl sites for hydroxylation is 1. The molecule has 6 heteroatoms. The average molecular weight is 389 g/mol. The van der Waals surface area contributed by atoms with Crippen LogP contribution in [0.15, 0.2) is 18.2 Å². The van der Waals surface area contributed by atoms with E-state index in [9.17, 15) is 9.50 Å². The van der Waals surface area contributed by atoms with Gasteiger partial charge in [0.15, 0.2) is 0 Å². The van der Waals surface area contributed by atoms with E-state index in [1.54, 1.807) is 6.07 Å². The molecular formula is C22H33FN4O. The highest BCUT2D eigenvalue weighted by Crippen LogP contribution is 2.29. The SMILES string of the molecule is CCN1CCN(C[C@@H]2CN(Cc3[nH]c4ccc(F)cc4c3C)C[C@@H]2CO)CC1. The standard InChI is InChI=1S/C22H33FN4O/c1-3-25-6-8-26(9-7-25)11-17-12-27(13-18(17)15-28)14-22-16(2)20-10-19(23)4-5-21(20)24-22/h4-5,10,17-18,24,28H,3,6-9,11-15H2,1-2H3/t17-,18-/m1/s1. The maximum atomic E-state index is 13.6. The lowest BCUT2D eigenvalue weighted by atomic mass is 9.96. The van der Waals surface area contributed by atoms with Crippen LogP contribution in [-0.2, 0) is 6.54 Å². The van der Waals surface area contributed by atoms with Gasteiger partial charge in [0, 0.05) is 75.6 Å². The molecule has 154 valence electrons. The number of nitrogens with one attached hydrogen (secondary N) is 1. The minimum atomic E-state index is -0.189. The number of aliphatic hydroxyl groups is 1. The highest BCUT2D eigenvalue weighted by atomic mass is 19.1. The molecule has 3 heterocycles. The van der Waals surface area contributed by atoms with Crippen LogP contribution >= 0.6 is 0 Å². The third-order valence-corrected chi connectivity index (χ3v) is 6.80. The number of likely N-dealkylation sites (tertiary alicyclic amines) is 1. The fourth-order valence-corrected chi connectivity index (χ4v) is 4.93. The monoisotopic (exact) mass is 388 g/mol. The van der Waals surface area contributed by atoms with Gasteiger partial charge in [-0.25, -0.2) is 4.39 Å². The first-order valence-corrected chi connectivity index (χ1v) is 10.6. The smallest absolute Gasteiger partial charge is 0.123 e. The molecule has 2 atom stereocenters. The van der Waals surface area contributed by atoms with Gasteiger partial charge in [-0.05, 0) is 49.1 Å². The lowest BCUT2D eigenvalue weighted by molar-refractivity contribution is 0.106. The van der Waals surface area contributed by atoms with E-state index in [0.717, 1.165) is 81.1 Å². The van der Waals surface area contributed by atoms with Gasteiger partial charge in [-0.2, -0.15) is 0 Å². The van der Waals surface area contributed by atoms with Gasteiger partial charge in [0.25, 0.3) is 0 Å². The molecule has 2 aliphatic rings. The van der Waals surface area contributed by atoms with Gasteiger partial charge in [-0.15, -0.1) is 0 Å². The number of piperazine rings is 1. The Labute approximate surface area is 167 Å². The van der Waals surface area contributed by atoms with Gasteiger partial charge in [0.05, 0.1) is 0 Å². The summed E-state index contributed by atoms with van der Waals surface area (Å²) in [5, 5.41) is 10.9. The number of aromatic nitrogens is 1. The minimum absolute atomic E-state index is 0.189. The molecule has 2 fully saturated rings. The predicted molar refractivity (Wildman–Crippen MR) is 111 cm³/mol. The van der Waals surface area contributed by atoms with E-state index < -0.39 is 0 Å². The van der Waals surface area contributed by atoms with Crippen LogP contribution in [0.3, 0.4) is 0 Å². The summed E-state index contributed by atoms with van der Waals surface area (Å²) in [4.78, 5) is 11.0. The maximum absolute atomic E-state index is 13.6. The Morgan fingerprint density at radius 2 is 1.79 bits per heavy atom. The van der Waals surface area contributed by atoms with Crippen molar-refractivity contribution < 1.29 is 9.50 Å². The van der Waals surface area contributed by atoms with Crippen molar-refractivity contribution in [3.63, 3.8) is 0 Å². The van der Waals surface area contributed by atoms with E-state index in [1.807, 2.05) is 6.07 Å². The zero-order chi connectivity index (χ0) is 19.7. The zero-order valence-corrected chi connectivity index (χ0v) is 17.1. The van der Waals surface area contributed by atoms with E-state index >= 15 is 0 Å². The molecule has 2 N–H and O–H groups in total. The number of fused-ring (bicyclic) bond motifs is 1. The van der Waals surface area contributed by atoms with Crippen LogP contribution in [0.4, 0.5) is 4.39 Å². The van der Waals surface area contributed by atoms with Gasteiger partial charge in [0.1, 0.15) is 5.82 Å². The summed E-state index contributed by atoms with van der Waals surface area (Å²) in [7, 11) is 0. The van der Waals surface area contributed by atoms with Gasteiger partial charge in [-0.1, -0.05) is 6.92 Å². The molecule has 1 aromatic heterocycles. The van der Waals surface area contributed by atoms with Gasteiger partial charge in [-0.3, -0.25) is 4.90 Å². The van der Waals surface area contributed by atoms with Crippen molar-refractivity contribution in [2.75, 3.05) is 59.0 Å². The van der Waals surface area contributed by atoms with Crippen molar-refractivity contribution in [3.05, 3.63) is 35.3 Å². The number of halogens is 1. The fourth-order valence-electron chi connectivity index (χ4n) is 4.93. The molecule has 0 bridgehead atoms. The van der Waals surface area contributed by atoms with Gasteiger partial charge >= 0.3 is 0 Å². The van der Waals surface area contributed by atoms with E-state index in [2.05, 4.69) is 33.5 Å². The van der Waals surface area contributed by atoms with E-state index in [1.165, 1.54) is 6.07 Å².